The summed E-state index contributed by atoms with van der Waals surface area (Å²) in [6.07, 6.45) is 2.52. The van der Waals surface area contributed by atoms with Crippen LogP contribution in [0.4, 0.5) is 0 Å². The van der Waals surface area contributed by atoms with Crippen molar-refractivity contribution in [3.05, 3.63) is 29.8 Å². The van der Waals surface area contributed by atoms with E-state index in [2.05, 4.69) is 4.90 Å². The lowest BCUT2D eigenvalue weighted by atomic mass is 10.1. The number of benzene rings is 1. The van der Waals surface area contributed by atoms with Gasteiger partial charge in [-0.1, -0.05) is 12.1 Å². The quantitative estimate of drug-likeness (QED) is 0.787. The van der Waals surface area contributed by atoms with Gasteiger partial charge in [0.2, 0.25) is 0 Å². The fourth-order valence-electron chi connectivity index (χ4n) is 2.28. The van der Waals surface area contributed by atoms with Crippen LogP contribution in [-0.2, 0) is 0 Å². The zero-order valence-corrected chi connectivity index (χ0v) is 8.89. The molecule has 1 heterocycles. The number of phenols is 1. The lowest BCUT2D eigenvalue weighted by molar-refractivity contribution is 0.251. The van der Waals surface area contributed by atoms with E-state index in [9.17, 15) is 5.11 Å². The van der Waals surface area contributed by atoms with Crippen molar-refractivity contribution in [2.45, 2.75) is 18.9 Å². The monoisotopic (exact) mass is 206 g/mol. The van der Waals surface area contributed by atoms with Crippen LogP contribution in [-0.4, -0.2) is 29.6 Å². The van der Waals surface area contributed by atoms with Crippen molar-refractivity contribution >= 4 is 0 Å². The van der Waals surface area contributed by atoms with Crippen molar-refractivity contribution in [3.63, 3.8) is 0 Å². The predicted molar refractivity (Wildman–Crippen MR) is 60.7 cm³/mol. The van der Waals surface area contributed by atoms with E-state index >= 15 is 0 Å². The van der Waals surface area contributed by atoms with E-state index in [4.69, 9.17) is 5.73 Å². The van der Waals surface area contributed by atoms with Gasteiger partial charge < -0.3 is 10.8 Å². The van der Waals surface area contributed by atoms with Gasteiger partial charge in [-0.15, -0.1) is 0 Å². The molecule has 0 unspecified atom stereocenters. The summed E-state index contributed by atoms with van der Waals surface area (Å²) in [6, 6.07) is 7.69. The van der Waals surface area contributed by atoms with Crippen molar-refractivity contribution in [1.29, 1.82) is 0 Å². The number of likely N-dealkylation sites (tertiary alicyclic amines) is 1. The third-order valence-electron chi connectivity index (χ3n) is 3.06. The molecule has 0 aromatic heterocycles. The first-order valence-corrected chi connectivity index (χ1v) is 5.54. The Balaban J connectivity index is 2.18. The lowest BCUT2D eigenvalue weighted by Crippen LogP contribution is -2.31. The maximum Gasteiger partial charge on any atom is 0.115 e. The Bertz CT molecular complexity index is 321. The van der Waals surface area contributed by atoms with Crippen LogP contribution in [0.3, 0.4) is 0 Å². The van der Waals surface area contributed by atoms with Crippen molar-refractivity contribution in [2.75, 3.05) is 19.6 Å². The number of hydrogen-bond acceptors (Lipinski definition) is 3. The van der Waals surface area contributed by atoms with Crippen LogP contribution in [0.15, 0.2) is 24.3 Å². The minimum atomic E-state index is 0.264. The zero-order valence-electron chi connectivity index (χ0n) is 8.89. The molecule has 0 saturated carbocycles. The van der Waals surface area contributed by atoms with Gasteiger partial charge in [-0.2, -0.15) is 0 Å². The van der Waals surface area contributed by atoms with E-state index < -0.39 is 0 Å². The fraction of sp³-hybridized carbons (Fsp3) is 0.500. The fourth-order valence-corrected chi connectivity index (χ4v) is 2.28. The average Bonchev–Trinajstić information content (AvgIpc) is 2.72. The zero-order chi connectivity index (χ0) is 10.7. The first-order chi connectivity index (χ1) is 7.31. The Morgan fingerprint density at radius 3 is 2.67 bits per heavy atom. The summed E-state index contributed by atoms with van der Waals surface area (Å²) in [5.74, 6) is 0.324. The van der Waals surface area contributed by atoms with Gasteiger partial charge in [-0.05, 0) is 43.6 Å². The first kappa shape index (κ1) is 10.5. The molecule has 1 atom stereocenters. The van der Waals surface area contributed by atoms with Gasteiger partial charge in [0, 0.05) is 12.6 Å². The van der Waals surface area contributed by atoms with Crippen LogP contribution in [0.1, 0.15) is 24.4 Å². The lowest BCUT2D eigenvalue weighted by Gasteiger charge is -2.26. The van der Waals surface area contributed by atoms with Crippen LogP contribution < -0.4 is 5.73 Å². The summed E-state index contributed by atoms with van der Waals surface area (Å²) in [5, 5.41) is 9.44. The van der Waals surface area contributed by atoms with E-state index in [0.717, 1.165) is 18.7 Å². The molecule has 0 amide bonds. The SMILES string of the molecule is NC[C@H](c1cccc(O)c1)N1CCCC1. The Kier molecular flexibility index (Phi) is 3.23. The average molecular weight is 206 g/mol. The topological polar surface area (TPSA) is 49.5 Å². The Hall–Kier alpha value is -1.06. The van der Waals surface area contributed by atoms with Gasteiger partial charge in [0.05, 0.1) is 0 Å². The molecule has 0 aliphatic carbocycles. The third-order valence-corrected chi connectivity index (χ3v) is 3.06. The Morgan fingerprint density at radius 1 is 1.33 bits per heavy atom. The normalized spacial score (nSPS) is 19.3. The molecule has 82 valence electrons. The molecule has 0 spiro atoms. The van der Waals surface area contributed by atoms with Crippen molar-refractivity contribution in [3.8, 4) is 5.75 Å². The second-order valence-electron chi connectivity index (χ2n) is 4.09. The summed E-state index contributed by atoms with van der Waals surface area (Å²) in [7, 11) is 0. The minimum Gasteiger partial charge on any atom is -0.508 e. The molecular formula is C12H18N2O. The number of nitrogens with zero attached hydrogens (tertiary/aromatic N) is 1. The summed E-state index contributed by atoms with van der Waals surface area (Å²) in [4.78, 5) is 2.40. The highest BCUT2D eigenvalue weighted by Crippen LogP contribution is 2.26. The van der Waals surface area contributed by atoms with Crippen molar-refractivity contribution < 1.29 is 5.11 Å². The predicted octanol–water partition coefficient (Wildman–Crippen LogP) is 1.49. The summed E-state index contributed by atoms with van der Waals surface area (Å²) < 4.78 is 0. The van der Waals surface area contributed by atoms with E-state index in [1.165, 1.54) is 12.8 Å². The molecule has 2 rings (SSSR count). The van der Waals surface area contributed by atoms with Crippen LogP contribution in [0.2, 0.25) is 0 Å². The third kappa shape index (κ3) is 2.30. The second kappa shape index (κ2) is 4.64. The molecule has 0 radical (unpaired) electrons. The molecule has 1 aliphatic heterocycles. The van der Waals surface area contributed by atoms with E-state index in [-0.39, 0.29) is 6.04 Å². The molecule has 1 aromatic rings. The number of phenolic OH excluding ortho intramolecular Hbond substituents is 1. The number of nitrogens with two attached hydrogens (primary N) is 1. The van der Waals surface area contributed by atoms with Crippen molar-refractivity contribution in [2.24, 2.45) is 5.73 Å². The van der Waals surface area contributed by atoms with Gasteiger partial charge in [-0.25, -0.2) is 0 Å². The maximum atomic E-state index is 9.44. The van der Waals surface area contributed by atoms with Crippen LogP contribution >= 0.6 is 0 Å². The number of hydrogen-bond donors (Lipinski definition) is 2. The summed E-state index contributed by atoms with van der Waals surface area (Å²) >= 11 is 0. The van der Waals surface area contributed by atoms with Crippen LogP contribution in [0.5, 0.6) is 5.75 Å². The smallest absolute Gasteiger partial charge is 0.115 e. The van der Waals surface area contributed by atoms with Gasteiger partial charge in [0.25, 0.3) is 0 Å². The molecular weight excluding hydrogens is 188 g/mol. The highest BCUT2D eigenvalue weighted by molar-refractivity contribution is 5.29. The molecule has 1 aromatic carbocycles. The van der Waals surface area contributed by atoms with E-state index in [0.29, 0.717) is 12.3 Å². The Labute approximate surface area is 90.5 Å². The second-order valence-corrected chi connectivity index (χ2v) is 4.09. The standard InChI is InChI=1S/C12H18N2O/c13-9-12(14-6-1-2-7-14)10-4-3-5-11(15)8-10/h3-5,8,12,15H,1-2,6-7,9,13H2/t12-/m1/s1. The van der Waals surface area contributed by atoms with E-state index in [1.54, 1.807) is 6.07 Å². The largest absolute Gasteiger partial charge is 0.508 e. The first-order valence-electron chi connectivity index (χ1n) is 5.54. The van der Waals surface area contributed by atoms with Gasteiger partial charge >= 0.3 is 0 Å². The molecule has 1 aliphatic rings. The van der Waals surface area contributed by atoms with Gasteiger partial charge in [0.1, 0.15) is 5.75 Å². The number of aromatic hydroxyl groups is 1. The minimum absolute atomic E-state index is 0.264. The van der Waals surface area contributed by atoms with Crippen LogP contribution in [0, 0.1) is 0 Å². The maximum absolute atomic E-state index is 9.44. The molecule has 1 saturated heterocycles. The highest BCUT2D eigenvalue weighted by Gasteiger charge is 2.22. The van der Waals surface area contributed by atoms with Gasteiger partial charge in [-0.3, -0.25) is 4.90 Å². The van der Waals surface area contributed by atoms with Crippen molar-refractivity contribution in [1.82, 2.24) is 4.90 Å². The molecule has 0 bridgehead atoms. The summed E-state index contributed by atoms with van der Waals surface area (Å²) in [5.41, 5.74) is 6.94. The number of rotatable bonds is 3. The molecule has 1 fully saturated rings. The Morgan fingerprint density at radius 2 is 2.07 bits per heavy atom. The molecule has 15 heavy (non-hydrogen) atoms. The molecule has 3 N–H and O–H groups in total. The van der Waals surface area contributed by atoms with Crippen LogP contribution in [0.25, 0.3) is 0 Å². The molecule has 3 heteroatoms. The summed E-state index contributed by atoms with van der Waals surface area (Å²) in [6.45, 7) is 2.86. The molecule has 3 nitrogen and oxygen atoms in total. The van der Waals surface area contributed by atoms with E-state index in [1.807, 2.05) is 18.2 Å². The van der Waals surface area contributed by atoms with Gasteiger partial charge in [0.15, 0.2) is 0 Å². The highest BCUT2D eigenvalue weighted by atomic mass is 16.3.